The average Bonchev–Trinajstić information content (AvgIpc) is 3.08. The third-order valence-electron chi connectivity index (χ3n) is 3.94. The molecule has 1 aromatic heterocycles. The van der Waals surface area contributed by atoms with Crippen molar-refractivity contribution in [3.05, 3.63) is 46.3 Å². The van der Waals surface area contributed by atoms with Gasteiger partial charge in [-0.15, -0.1) is 11.3 Å². The Morgan fingerprint density at radius 2 is 2.14 bits per heavy atom. The standard InChI is InChI=1S/C16H16O4S/c1-20-15(18)10-3-4-11-13(9-10)16(19,6-2-7-17)12-5-8-21-14(11)12/h3-5,8-9,17,19H,2,6-7H2,1H3. The number of carbonyl (C=O) groups excluding carboxylic acids is 1. The predicted molar refractivity (Wildman–Crippen MR) is 80.4 cm³/mol. The molecule has 0 amide bonds. The second kappa shape index (κ2) is 5.26. The molecule has 1 aromatic carbocycles. The van der Waals surface area contributed by atoms with Crippen molar-refractivity contribution in [2.75, 3.05) is 13.7 Å². The molecule has 1 aliphatic carbocycles. The SMILES string of the molecule is COC(=O)c1ccc2c(c1)C(O)(CCCO)c1ccsc1-2. The maximum absolute atomic E-state index is 11.7. The summed E-state index contributed by atoms with van der Waals surface area (Å²) in [5.41, 5.74) is 1.82. The fourth-order valence-electron chi connectivity index (χ4n) is 2.92. The van der Waals surface area contributed by atoms with E-state index in [1.54, 1.807) is 23.5 Å². The number of thiophene rings is 1. The zero-order chi connectivity index (χ0) is 15.0. The minimum atomic E-state index is -1.14. The van der Waals surface area contributed by atoms with Gasteiger partial charge in [-0.25, -0.2) is 4.79 Å². The van der Waals surface area contributed by atoms with Crippen LogP contribution in [0, 0.1) is 0 Å². The first-order chi connectivity index (χ1) is 10.1. The van der Waals surface area contributed by atoms with Crippen molar-refractivity contribution in [3.8, 4) is 10.4 Å². The summed E-state index contributed by atoms with van der Waals surface area (Å²) < 4.78 is 4.75. The minimum Gasteiger partial charge on any atom is -0.465 e. The van der Waals surface area contributed by atoms with Crippen molar-refractivity contribution >= 4 is 17.3 Å². The van der Waals surface area contributed by atoms with E-state index in [1.807, 2.05) is 17.5 Å². The van der Waals surface area contributed by atoms with Crippen LogP contribution < -0.4 is 0 Å². The van der Waals surface area contributed by atoms with Crippen molar-refractivity contribution < 1.29 is 19.7 Å². The highest BCUT2D eigenvalue weighted by Gasteiger charge is 2.42. The number of hydrogen-bond donors (Lipinski definition) is 2. The maximum atomic E-state index is 11.7. The Morgan fingerprint density at radius 3 is 2.86 bits per heavy atom. The normalized spacial score (nSPS) is 19.2. The van der Waals surface area contributed by atoms with E-state index in [-0.39, 0.29) is 6.61 Å². The first-order valence-corrected chi connectivity index (χ1v) is 7.64. The Hall–Kier alpha value is -1.69. The third-order valence-corrected chi connectivity index (χ3v) is 4.89. The van der Waals surface area contributed by atoms with Crippen LogP contribution in [0.4, 0.5) is 0 Å². The summed E-state index contributed by atoms with van der Waals surface area (Å²) in [6.07, 6.45) is 0.915. The highest BCUT2D eigenvalue weighted by Crippen LogP contribution is 2.52. The van der Waals surface area contributed by atoms with Gasteiger partial charge in [0.15, 0.2) is 0 Å². The number of esters is 1. The maximum Gasteiger partial charge on any atom is 0.337 e. The summed E-state index contributed by atoms with van der Waals surface area (Å²) in [6, 6.07) is 7.18. The molecule has 0 aliphatic heterocycles. The molecule has 110 valence electrons. The van der Waals surface area contributed by atoms with Crippen molar-refractivity contribution in [2.24, 2.45) is 0 Å². The van der Waals surface area contributed by atoms with E-state index in [9.17, 15) is 9.90 Å². The van der Waals surface area contributed by atoms with Crippen LogP contribution >= 0.6 is 11.3 Å². The van der Waals surface area contributed by atoms with Crippen LogP contribution in [0.5, 0.6) is 0 Å². The zero-order valence-electron chi connectivity index (χ0n) is 11.6. The lowest BCUT2D eigenvalue weighted by Crippen LogP contribution is -2.25. The highest BCUT2D eigenvalue weighted by atomic mass is 32.1. The largest absolute Gasteiger partial charge is 0.465 e. The monoisotopic (exact) mass is 304 g/mol. The number of benzene rings is 1. The van der Waals surface area contributed by atoms with E-state index < -0.39 is 11.6 Å². The van der Waals surface area contributed by atoms with Crippen LogP contribution in [-0.4, -0.2) is 29.9 Å². The van der Waals surface area contributed by atoms with Gasteiger partial charge in [-0.3, -0.25) is 0 Å². The summed E-state index contributed by atoms with van der Waals surface area (Å²) >= 11 is 1.57. The van der Waals surface area contributed by atoms with Gasteiger partial charge in [0.1, 0.15) is 5.60 Å². The van der Waals surface area contributed by atoms with Crippen molar-refractivity contribution in [1.82, 2.24) is 0 Å². The summed E-state index contributed by atoms with van der Waals surface area (Å²) in [5, 5.41) is 22.2. The zero-order valence-corrected chi connectivity index (χ0v) is 12.4. The van der Waals surface area contributed by atoms with E-state index in [2.05, 4.69) is 0 Å². The molecule has 0 saturated carbocycles. The fourth-order valence-corrected chi connectivity index (χ4v) is 3.93. The molecule has 0 radical (unpaired) electrons. The van der Waals surface area contributed by atoms with Gasteiger partial charge in [-0.05, 0) is 47.5 Å². The van der Waals surface area contributed by atoms with Crippen LogP contribution in [0.1, 0.15) is 34.3 Å². The lowest BCUT2D eigenvalue weighted by atomic mass is 9.87. The Bertz CT molecular complexity index is 691. The van der Waals surface area contributed by atoms with Gasteiger partial charge >= 0.3 is 5.97 Å². The molecule has 21 heavy (non-hydrogen) atoms. The van der Waals surface area contributed by atoms with Gasteiger partial charge in [0.25, 0.3) is 0 Å². The molecule has 0 fully saturated rings. The molecule has 2 N–H and O–H groups in total. The van der Waals surface area contributed by atoms with E-state index in [1.165, 1.54) is 7.11 Å². The highest BCUT2D eigenvalue weighted by molar-refractivity contribution is 7.13. The van der Waals surface area contributed by atoms with Gasteiger partial charge in [0.05, 0.1) is 12.7 Å². The molecular weight excluding hydrogens is 288 g/mol. The van der Waals surface area contributed by atoms with Gasteiger partial charge in [0, 0.05) is 17.0 Å². The number of methoxy groups -OCH3 is 1. The van der Waals surface area contributed by atoms with Crippen molar-refractivity contribution in [1.29, 1.82) is 0 Å². The Kier molecular flexibility index (Phi) is 3.57. The van der Waals surface area contributed by atoms with Gasteiger partial charge in [0.2, 0.25) is 0 Å². The van der Waals surface area contributed by atoms with Crippen molar-refractivity contribution in [3.63, 3.8) is 0 Å². The third kappa shape index (κ3) is 2.09. The van der Waals surface area contributed by atoms with Crippen LogP contribution in [0.25, 0.3) is 10.4 Å². The van der Waals surface area contributed by atoms with E-state index in [0.717, 1.165) is 21.6 Å². The number of ether oxygens (including phenoxy) is 1. The molecule has 2 aromatic rings. The minimum absolute atomic E-state index is 0.0216. The predicted octanol–water partition coefficient (Wildman–Crippen LogP) is 2.52. The summed E-state index contributed by atoms with van der Waals surface area (Å²) in [6.45, 7) is 0.0216. The lowest BCUT2D eigenvalue weighted by molar-refractivity contribution is 0.0595. The Labute approximate surface area is 126 Å². The van der Waals surface area contributed by atoms with Crippen LogP contribution in [0.3, 0.4) is 0 Å². The molecule has 1 aliphatic rings. The summed E-state index contributed by atoms with van der Waals surface area (Å²) in [7, 11) is 1.34. The number of aliphatic hydroxyl groups is 2. The second-order valence-electron chi connectivity index (χ2n) is 5.10. The van der Waals surface area contributed by atoms with Gasteiger partial charge in [-0.2, -0.15) is 0 Å². The average molecular weight is 304 g/mol. The summed E-state index contributed by atoms with van der Waals surface area (Å²) in [4.78, 5) is 12.7. The van der Waals surface area contributed by atoms with Crippen LogP contribution in [0.2, 0.25) is 0 Å². The molecule has 0 saturated heterocycles. The first-order valence-electron chi connectivity index (χ1n) is 6.76. The quantitative estimate of drug-likeness (QED) is 0.852. The van der Waals surface area contributed by atoms with Crippen LogP contribution in [-0.2, 0) is 10.3 Å². The molecule has 1 heterocycles. The Balaban J connectivity index is 2.14. The number of carbonyl (C=O) groups is 1. The van der Waals surface area contributed by atoms with Gasteiger partial charge in [-0.1, -0.05) is 6.07 Å². The molecule has 4 nitrogen and oxygen atoms in total. The molecule has 0 bridgehead atoms. The first kappa shape index (κ1) is 14.3. The number of fused-ring (bicyclic) bond motifs is 3. The molecule has 5 heteroatoms. The molecule has 1 unspecified atom stereocenters. The summed E-state index contributed by atoms with van der Waals surface area (Å²) in [5.74, 6) is -0.419. The lowest BCUT2D eigenvalue weighted by Gasteiger charge is -2.25. The molecule has 0 spiro atoms. The van der Waals surface area contributed by atoms with E-state index in [0.29, 0.717) is 18.4 Å². The molecular formula is C16H16O4S. The molecule has 3 rings (SSSR count). The second-order valence-corrected chi connectivity index (χ2v) is 6.02. The van der Waals surface area contributed by atoms with Gasteiger partial charge < -0.3 is 14.9 Å². The number of aliphatic hydroxyl groups excluding tert-OH is 1. The van der Waals surface area contributed by atoms with Crippen molar-refractivity contribution in [2.45, 2.75) is 18.4 Å². The number of rotatable bonds is 4. The van der Waals surface area contributed by atoms with E-state index in [4.69, 9.17) is 9.84 Å². The Morgan fingerprint density at radius 1 is 1.33 bits per heavy atom. The number of hydrogen-bond acceptors (Lipinski definition) is 5. The van der Waals surface area contributed by atoms with Crippen LogP contribution in [0.15, 0.2) is 29.6 Å². The van der Waals surface area contributed by atoms with E-state index >= 15 is 0 Å². The smallest absolute Gasteiger partial charge is 0.337 e. The fraction of sp³-hybridized carbons (Fsp3) is 0.312. The molecule has 1 atom stereocenters. The topological polar surface area (TPSA) is 66.8 Å².